The van der Waals surface area contributed by atoms with Crippen molar-refractivity contribution in [1.29, 1.82) is 0 Å². The molecule has 158 valence electrons. The molecule has 0 spiro atoms. The van der Waals surface area contributed by atoms with Crippen molar-refractivity contribution >= 4 is 17.7 Å². The lowest BCUT2D eigenvalue weighted by molar-refractivity contribution is -0.147. The number of aliphatic imine (C=N–C) groups is 1. The third-order valence-electron chi connectivity index (χ3n) is 4.55. The van der Waals surface area contributed by atoms with Crippen molar-refractivity contribution in [2.24, 2.45) is 10.9 Å². The molecule has 0 fully saturated rings. The molecule has 2 unspecified atom stereocenters. The van der Waals surface area contributed by atoms with Gasteiger partial charge >= 0.3 is 12.0 Å². The highest BCUT2D eigenvalue weighted by Gasteiger charge is 2.39. The van der Waals surface area contributed by atoms with E-state index in [-0.39, 0.29) is 19.3 Å². The summed E-state index contributed by atoms with van der Waals surface area (Å²) >= 11 is 0. The molecule has 1 aliphatic heterocycles. The molecular formula is C23H26N2O5. The van der Waals surface area contributed by atoms with E-state index in [4.69, 9.17) is 14.2 Å². The summed E-state index contributed by atoms with van der Waals surface area (Å²) in [5.74, 6) is 0.0835. The quantitative estimate of drug-likeness (QED) is 0.526. The summed E-state index contributed by atoms with van der Waals surface area (Å²) in [5, 5.41) is 2.79. The minimum absolute atomic E-state index is 0.0549. The van der Waals surface area contributed by atoms with Crippen LogP contribution in [0.15, 0.2) is 59.6 Å². The number of benzene rings is 2. The molecular weight excluding hydrogens is 384 g/mol. The Morgan fingerprint density at radius 3 is 2.50 bits per heavy atom. The summed E-state index contributed by atoms with van der Waals surface area (Å²) in [6.45, 7) is 5.80. The van der Waals surface area contributed by atoms with Gasteiger partial charge in [-0.1, -0.05) is 36.4 Å². The Kier molecular flexibility index (Phi) is 7.06. The molecule has 1 heterocycles. The van der Waals surface area contributed by atoms with Crippen molar-refractivity contribution in [1.82, 2.24) is 5.32 Å². The topological polar surface area (TPSA) is 86.2 Å². The number of nitrogens with one attached hydrogen (secondary N) is 1. The molecule has 0 saturated heterocycles. The SMILES string of the molecule is CC1=NC(=O)NC(c2ccccc2OC(C)C)C1C(=O)OCCOc1ccccc1. The third kappa shape index (κ3) is 5.37. The van der Waals surface area contributed by atoms with Crippen LogP contribution in [0.2, 0.25) is 0 Å². The minimum atomic E-state index is -0.753. The fourth-order valence-corrected chi connectivity index (χ4v) is 3.29. The zero-order chi connectivity index (χ0) is 21.5. The molecule has 30 heavy (non-hydrogen) atoms. The number of hydrogen-bond acceptors (Lipinski definition) is 5. The molecule has 2 atom stereocenters. The molecule has 7 heteroatoms. The number of nitrogens with zero attached hydrogens (tertiary/aromatic N) is 1. The van der Waals surface area contributed by atoms with Gasteiger partial charge in [-0.05, 0) is 39.0 Å². The molecule has 0 aliphatic carbocycles. The average Bonchev–Trinajstić information content (AvgIpc) is 2.71. The number of esters is 1. The standard InChI is InChI=1S/C23H26N2O5/c1-15(2)30-19-12-8-7-11-18(19)21-20(16(3)24-23(27)25-21)22(26)29-14-13-28-17-9-5-4-6-10-17/h4-12,15,20-21H,13-14H2,1-3H3,(H,25,27). The summed E-state index contributed by atoms with van der Waals surface area (Å²) in [6, 6.07) is 15.5. The summed E-state index contributed by atoms with van der Waals surface area (Å²) in [5.41, 5.74) is 1.10. The first-order chi connectivity index (χ1) is 14.5. The van der Waals surface area contributed by atoms with Gasteiger partial charge in [-0.25, -0.2) is 9.79 Å². The second-order valence-electron chi connectivity index (χ2n) is 7.19. The van der Waals surface area contributed by atoms with E-state index in [9.17, 15) is 9.59 Å². The van der Waals surface area contributed by atoms with E-state index in [1.807, 2.05) is 68.4 Å². The van der Waals surface area contributed by atoms with Gasteiger partial charge < -0.3 is 19.5 Å². The number of para-hydroxylation sites is 2. The fourth-order valence-electron chi connectivity index (χ4n) is 3.29. The number of carbonyl (C=O) groups excluding carboxylic acids is 2. The maximum Gasteiger partial charge on any atom is 0.341 e. The molecule has 0 aromatic heterocycles. The van der Waals surface area contributed by atoms with Crippen LogP contribution >= 0.6 is 0 Å². The zero-order valence-electron chi connectivity index (χ0n) is 17.3. The number of amides is 2. The normalized spacial score (nSPS) is 18.4. The Bertz CT molecular complexity index is 911. The summed E-state index contributed by atoms with van der Waals surface area (Å²) < 4.78 is 16.9. The number of carbonyl (C=O) groups is 2. The largest absolute Gasteiger partial charge is 0.491 e. The van der Waals surface area contributed by atoms with Gasteiger partial charge in [0.05, 0.1) is 12.1 Å². The van der Waals surface area contributed by atoms with E-state index < -0.39 is 24.0 Å². The second kappa shape index (κ2) is 9.91. The molecule has 2 amide bonds. The zero-order valence-corrected chi connectivity index (χ0v) is 17.3. The third-order valence-corrected chi connectivity index (χ3v) is 4.55. The van der Waals surface area contributed by atoms with Crippen LogP contribution in [-0.2, 0) is 9.53 Å². The Morgan fingerprint density at radius 2 is 1.77 bits per heavy atom. The molecule has 7 nitrogen and oxygen atoms in total. The molecule has 1 aliphatic rings. The molecule has 2 aromatic carbocycles. The second-order valence-corrected chi connectivity index (χ2v) is 7.19. The van der Waals surface area contributed by atoms with E-state index in [0.717, 1.165) is 0 Å². The van der Waals surface area contributed by atoms with Gasteiger partial charge in [-0.3, -0.25) is 4.79 Å². The summed E-state index contributed by atoms with van der Waals surface area (Å²) in [7, 11) is 0. The maximum absolute atomic E-state index is 12.9. The molecule has 0 bridgehead atoms. The number of urea groups is 1. The Balaban J connectivity index is 1.73. The van der Waals surface area contributed by atoms with Crippen molar-refractivity contribution in [2.75, 3.05) is 13.2 Å². The van der Waals surface area contributed by atoms with Crippen LogP contribution in [0.1, 0.15) is 32.4 Å². The first kappa shape index (κ1) is 21.4. The molecule has 2 aromatic rings. The van der Waals surface area contributed by atoms with E-state index in [1.165, 1.54) is 0 Å². The smallest absolute Gasteiger partial charge is 0.341 e. The maximum atomic E-state index is 12.9. The lowest BCUT2D eigenvalue weighted by Crippen LogP contribution is -2.44. The van der Waals surface area contributed by atoms with Crippen molar-refractivity contribution in [3.05, 3.63) is 60.2 Å². The van der Waals surface area contributed by atoms with Gasteiger partial charge in [-0.2, -0.15) is 0 Å². The first-order valence-corrected chi connectivity index (χ1v) is 9.91. The van der Waals surface area contributed by atoms with E-state index in [2.05, 4.69) is 10.3 Å². The van der Waals surface area contributed by atoms with Crippen LogP contribution in [0.5, 0.6) is 11.5 Å². The average molecular weight is 410 g/mol. The number of hydrogen-bond donors (Lipinski definition) is 1. The van der Waals surface area contributed by atoms with Crippen molar-refractivity contribution in [3.63, 3.8) is 0 Å². The van der Waals surface area contributed by atoms with Gasteiger partial charge in [0.15, 0.2) is 0 Å². The van der Waals surface area contributed by atoms with Gasteiger partial charge in [0.2, 0.25) is 0 Å². The van der Waals surface area contributed by atoms with Gasteiger partial charge in [0.1, 0.15) is 30.6 Å². The van der Waals surface area contributed by atoms with Crippen molar-refractivity contribution in [2.45, 2.75) is 32.9 Å². The van der Waals surface area contributed by atoms with Gasteiger partial charge in [-0.15, -0.1) is 0 Å². The number of rotatable bonds is 8. The first-order valence-electron chi connectivity index (χ1n) is 9.91. The highest BCUT2D eigenvalue weighted by molar-refractivity contribution is 6.08. The lowest BCUT2D eigenvalue weighted by atomic mass is 9.88. The monoisotopic (exact) mass is 410 g/mol. The predicted molar refractivity (Wildman–Crippen MR) is 113 cm³/mol. The highest BCUT2D eigenvalue weighted by Crippen LogP contribution is 2.34. The summed E-state index contributed by atoms with van der Waals surface area (Å²) in [6.07, 6.45) is -0.0549. The predicted octanol–water partition coefficient (Wildman–Crippen LogP) is 3.94. The summed E-state index contributed by atoms with van der Waals surface area (Å²) in [4.78, 5) is 28.9. The van der Waals surface area contributed by atoms with Crippen LogP contribution in [0.4, 0.5) is 4.79 Å². The van der Waals surface area contributed by atoms with Crippen LogP contribution < -0.4 is 14.8 Å². The van der Waals surface area contributed by atoms with Crippen LogP contribution in [0.25, 0.3) is 0 Å². The van der Waals surface area contributed by atoms with Crippen LogP contribution in [-0.4, -0.2) is 37.0 Å². The molecule has 1 N–H and O–H groups in total. The molecule has 0 saturated carbocycles. The lowest BCUT2D eigenvalue weighted by Gasteiger charge is -2.31. The minimum Gasteiger partial charge on any atom is -0.491 e. The highest BCUT2D eigenvalue weighted by atomic mass is 16.6. The van der Waals surface area contributed by atoms with Crippen molar-refractivity contribution in [3.8, 4) is 11.5 Å². The van der Waals surface area contributed by atoms with E-state index in [1.54, 1.807) is 6.92 Å². The molecule has 3 rings (SSSR count). The Hall–Kier alpha value is -3.35. The van der Waals surface area contributed by atoms with Crippen molar-refractivity contribution < 1.29 is 23.8 Å². The van der Waals surface area contributed by atoms with Crippen LogP contribution in [0, 0.1) is 5.92 Å². The van der Waals surface area contributed by atoms with E-state index in [0.29, 0.717) is 22.8 Å². The number of ether oxygens (including phenoxy) is 3. The van der Waals surface area contributed by atoms with E-state index >= 15 is 0 Å². The Labute approximate surface area is 176 Å². The molecule has 0 radical (unpaired) electrons. The van der Waals surface area contributed by atoms with Crippen LogP contribution in [0.3, 0.4) is 0 Å². The fraction of sp³-hybridized carbons (Fsp3) is 0.348. The van der Waals surface area contributed by atoms with Gasteiger partial charge in [0, 0.05) is 11.3 Å². The van der Waals surface area contributed by atoms with Gasteiger partial charge in [0.25, 0.3) is 0 Å². The Morgan fingerprint density at radius 1 is 1.07 bits per heavy atom.